The summed E-state index contributed by atoms with van der Waals surface area (Å²) in [5, 5.41) is 13.7. The Balaban J connectivity index is 1.65. The van der Waals surface area contributed by atoms with E-state index in [1.54, 1.807) is 35.2 Å². The SMILES string of the molecule is CN1CCN(C(=O)c2ccccc2NC(=O)COc2ccccc2[N+](=O)[O-])CC1. The number of rotatable bonds is 6. The number of piperazine rings is 1. The summed E-state index contributed by atoms with van der Waals surface area (Å²) in [5.74, 6) is -0.648. The Morgan fingerprint density at radius 3 is 2.45 bits per heavy atom. The summed E-state index contributed by atoms with van der Waals surface area (Å²) < 4.78 is 5.31. The van der Waals surface area contributed by atoms with Gasteiger partial charge < -0.3 is 19.9 Å². The van der Waals surface area contributed by atoms with Crippen molar-refractivity contribution in [2.24, 2.45) is 0 Å². The van der Waals surface area contributed by atoms with Crippen molar-refractivity contribution in [2.45, 2.75) is 0 Å². The molecule has 0 saturated carbocycles. The van der Waals surface area contributed by atoms with Crippen molar-refractivity contribution in [1.82, 2.24) is 9.80 Å². The van der Waals surface area contributed by atoms with Gasteiger partial charge in [-0.3, -0.25) is 19.7 Å². The average molecular weight is 398 g/mol. The fourth-order valence-electron chi connectivity index (χ4n) is 3.02. The molecule has 29 heavy (non-hydrogen) atoms. The number of anilines is 1. The van der Waals surface area contributed by atoms with E-state index in [0.717, 1.165) is 13.1 Å². The van der Waals surface area contributed by atoms with E-state index in [1.807, 2.05) is 7.05 Å². The smallest absolute Gasteiger partial charge is 0.310 e. The van der Waals surface area contributed by atoms with Gasteiger partial charge in [-0.25, -0.2) is 0 Å². The number of nitro benzene ring substituents is 1. The van der Waals surface area contributed by atoms with Crippen LogP contribution >= 0.6 is 0 Å². The molecular weight excluding hydrogens is 376 g/mol. The number of benzene rings is 2. The molecule has 1 aliphatic rings. The first-order chi connectivity index (χ1) is 14.0. The zero-order valence-electron chi connectivity index (χ0n) is 16.0. The molecule has 1 heterocycles. The molecule has 1 aliphatic heterocycles. The third-order valence-corrected chi connectivity index (χ3v) is 4.64. The van der Waals surface area contributed by atoms with E-state index in [0.29, 0.717) is 24.3 Å². The number of para-hydroxylation sites is 3. The number of nitrogens with zero attached hydrogens (tertiary/aromatic N) is 3. The standard InChI is InChI=1S/C20H22N4O5/c1-22-10-12-23(13-11-22)20(26)15-6-2-3-7-16(15)21-19(25)14-29-18-9-5-4-8-17(18)24(27)28/h2-9H,10-14H2,1H3,(H,21,25). The third-order valence-electron chi connectivity index (χ3n) is 4.64. The molecule has 1 fully saturated rings. The van der Waals surface area contributed by atoms with Crippen LogP contribution in [0, 0.1) is 10.1 Å². The highest BCUT2D eigenvalue weighted by Crippen LogP contribution is 2.26. The van der Waals surface area contributed by atoms with Gasteiger partial charge in [0.15, 0.2) is 12.4 Å². The Morgan fingerprint density at radius 2 is 1.72 bits per heavy atom. The largest absolute Gasteiger partial charge is 0.477 e. The number of carbonyl (C=O) groups is 2. The van der Waals surface area contributed by atoms with Gasteiger partial charge in [0.05, 0.1) is 16.2 Å². The van der Waals surface area contributed by atoms with Crippen molar-refractivity contribution >= 4 is 23.2 Å². The van der Waals surface area contributed by atoms with Crippen molar-refractivity contribution in [3.8, 4) is 5.75 Å². The van der Waals surface area contributed by atoms with Gasteiger partial charge in [-0.1, -0.05) is 24.3 Å². The van der Waals surface area contributed by atoms with Crippen molar-refractivity contribution in [2.75, 3.05) is 45.2 Å². The monoisotopic (exact) mass is 398 g/mol. The maximum absolute atomic E-state index is 12.9. The van der Waals surface area contributed by atoms with Gasteiger partial charge in [-0.15, -0.1) is 0 Å². The van der Waals surface area contributed by atoms with Crippen LogP contribution < -0.4 is 10.1 Å². The molecule has 152 valence electrons. The van der Waals surface area contributed by atoms with Gasteiger partial charge in [-0.05, 0) is 25.2 Å². The highest BCUT2D eigenvalue weighted by atomic mass is 16.6. The van der Waals surface area contributed by atoms with Crippen LogP contribution in [0.1, 0.15) is 10.4 Å². The first-order valence-electron chi connectivity index (χ1n) is 9.18. The molecule has 0 aliphatic carbocycles. The lowest BCUT2D eigenvalue weighted by Gasteiger charge is -2.32. The second-order valence-electron chi connectivity index (χ2n) is 6.70. The maximum Gasteiger partial charge on any atom is 0.310 e. The highest BCUT2D eigenvalue weighted by molar-refractivity contribution is 6.04. The van der Waals surface area contributed by atoms with Crippen LogP contribution in [0.25, 0.3) is 0 Å². The lowest BCUT2D eigenvalue weighted by atomic mass is 10.1. The molecule has 0 radical (unpaired) electrons. The molecule has 2 aromatic carbocycles. The molecule has 0 aromatic heterocycles. The van der Waals surface area contributed by atoms with Gasteiger partial charge in [0.25, 0.3) is 11.8 Å². The summed E-state index contributed by atoms with van der Waals surface area (Å²) in [6, 6.07) is 12.6. The maximum atomic E-state index is 12.9. The number of amides is 2. The van der Waals surface area contributed by atoms with E-state index in [-0.39, 0.29) is 17.3 Å². The summed E-state index contributed by atoms with van der Waals surface area (Å²) in [5.41, 5.74) is 0.564. The summed E-state index contributed by atoms with van der Waals surface area (Å²) in [7, 11) is 2.01. The zero-order valence-corrected chi connectivity index (χ0v) is 16.0. The number of hydrogen-bond donors (Lipinski definition) is 1. The van der Waals surface area contributed by atoms with Crippen LogP contribution in [-0.2, 0) is 4.79 Å². The predicted octanol–water partition coefficient (Wildman–Crippen LogP) is 2.00. The van der Waals surface area contributed by atoms with E-state index < -0.39 is 17.4 Å². The number of ether oxygens (including phenoxy) is 1. The molecule has 2 aromatic rings. The number of nitro groups is 1. The molecule has 0 bridgehead atoms. The van der Waals surface area contributed by atoms with E-state index in [1.165, 1.54) is 18.2 Å². The first kappa shape index (κ1) is 20.3. The number of likely N-dealkylation sites (N-methyl/N-ethyl adjacent to an activating group) is 1. The Morgan fingerprint density at radius 1 is 1.07 bits per heavy atom. The average Bonchev–Trinajstić information content (AvgIpc) is 2.73. The Kier molecular flexibility index (Phi) is 6.40. The van der Waals surface area contributed by atoms with Crippen molar-refractivity contribution in [3.63, 3.8) is 0 Å². The topological polar surface area (TPSA) is 105 Å². The molecule has 0 spiro atoms. The molecule has 0 unspecified atom stereocenters. The van der Waals surface area contributed by atoms with Crippen molar-refractivity contribution < 1.29 is 19.2 Å². The summed E-state index contributed by atoms with van der Waals surface area (Å²) >= 11 is 0. The van der Waals surface area contributed by atoms with Gasteiger partial charge in [-0.2, -0.15) is 0 Å². The van der Waals surface area contributed by atoms with Crippen LogP contribution in [0.2, 0.25) is 0 Å². The van der Waals surface area contributed by atoms with E-state index >= 15 is 0 Å². The summed E-state index contributed by atoms with van der Waals surface area (Å²) in [4.78, 5) is 39.5. The van der Waals surface area contributed by atoms with E-state index in [2.05, 4.69) is 10.2 Å². The van der Waals surface area contributed by atoms with Crippen LogP contribution in [0.15, 0.2) is 48.5 Å². The lowest BCUT2D eigenvalue weighted by Crippen LogP contribution is -2.47. The number of carbonyl (C=O) groups excluding carboxylic acids is 2. The zero-order chi connectivity index (χ0) is 20.8. The molecular formula is C20H22N4O5. The third kappa shape index (κ3) is 5.08. The van der Waals surface area contributed by atoms with Crippen molar-refractivity contribution in [1.29, 1.82) is 0 Å². The molecule has 9 heteroatoms. The summed E-state index contributed by atoms with van der Waals surface area (Å²) in [6.07, 6.45) is 0. The lowest BCUT2D eigenvalue weighted by molar-refractivity contribution is -0.385. The minimum Gasteiger partial charge on any atom is -0.477 e. The van der Waals surface area contributed by atoms with Gasteiger partial charge in [0.2, 0.25) is 0 Å². The van der Waals surface area contributed by atoms with E-state index in [9.17, 15) is 19.7 Å². The minimum absolute atomic E-state index is 0.00875. The fourth-order valence-corrected chi connectivity index (χ4v) is 3.02. The normalized spacial score (nSPS) is 14.3. The molecule has 3 rings (SSSR count). The van der Waals surface area contributed by atoms with Gasteiger partial charge in [0, 0.05) is 32.2 Å². The second-order valence-corrected chi connectivity index (χ2v) is 6.70. The van der Waals surface area contributed by atoms with Gasteiger partial charge >= 0.3 is 5.69 Å². The van der Waals surface area contributed by atoms with Crippen LogP contribution in [0.5, 0.6) is 5.75 Å². The second kappa shape index (κ2) is 9.16. The quantitative estimate of drug-likeness (QED) is 0.589. The van der Waals surface area contributed by atoms with Crippen LogP contribution in [-0.4, -0.2) is 66.4 Å². The fraction of sp³-hybridized carbons (Fsp3) is 0.300. The Labute approximate surface area is 168 Å². The van der Waals surface area contributed by atoms with Gasteiger partial charge in [0.1, 0.15) is 0 Å². The van der Waals surface area contributed by atoms with Crippen LogP contribution in [0.3, 0.4) is 0 Å². The molecule has 0 atom stereocenters. The Hall–Kier alpha value is -3.46. The predicted molar refractivity (Wildman–Crippen MR) is 107 cm³/mol. The molecule has 1 saturated heterocycles. The van der Waals surface area contributed by atoms with Crippen molar-refractivity contribution in [3.05, 3.63) is 64.2 Å². The number of nitrogens with one attached hydrogen (secondary N) is 1. The van der Waals surface area contributed by atoms with Crippen LogP contribution in [0.4, 0.5) is 11.4 Å². The first-order valence-corrected chi connectivity index (χ1v) is 9.18. The molecule has 2 amide bonds. The highest BCUT2D eigenvalue weighted by Gasteiger charge is 2.23. The molecule has 1 N–H and O–H groups in total. The summed E-state index contributed by atoms with van der Waals surface area (Å²) in [6.45, 7) is 2.42. The Bertz CT molecular complexity index is 909. The minimum atomic E-state index is -0.572. The number of hydrogen-bond acceptors (Lipinski definition) is 6. The van der Waals surface area contributed by atoms with E-state index in [4.69, 9.17) is 4.74 Å². The molecule has 9 nitrogen and oxygen atoms in total.